The number of amides is 1. The summed E-state index contributed by atoms with van der Waals surface area (Å²) in [6.07, 6.45) is 1.60. The van der Waals surface area contributed by atoms with Crippen LogP contribution in [0, 0.1) is 0 Å². The number of nitrogens with one attached hydrogen (secondary N) is 2. The Labute approximate surface area is 108 Å². The fourth-order valence-corrected chi connectivity index (χ4v) is 1.58. The molecule has 1 amide bonds. The van der Waals surface area contributed by atoms with Crippen LogP contribution in [-0.2, 0) is 20.9 Å². The van der Waals surface area contributed by atoms with E-state index in [1.807, 2.05) is 18.2 Å². The monoisotopic (exact) mass is 263 g/mol. The SMILES string of the molecule is O=C(O)COCC(=O)NCc1ccc2nc[nH]c2c1. The van der Waals surface area contributed by atoms with Crippen molar-refractivity contribution in [2.24, 2.45) is 0 Å². The van der Waals surface area contributed by atoms with Gasteiger partial charge in [0.1, 0.15) is 13.2 Å². The highest BCUT2D eigenvalue weighted by atomic mass is 16.5. The minimum atomic E-state index is -1.10. The van der Waals surface area contributed by atoms with Crippen LogP contribution in [0.3, 0.4) is 0 Å². The molecular formula is C12H13N3O4. The Morgan fingerprint density at radius 1 is 1.37 bits per heavy atom. The summed E-state index contributed by atoms with van der Waals surface area (Å²) in [7, 11) is 0. The van der Waals surface area contributed by atoms with E-state index >= 15 is 0 Å². The van der Waals surface area contributed by atoms with Crippen molar-refractivity contribution in [1.82, 2.24) is 15.3 Å². The van der Waals surface area contributed by atoms with Gasteiger partial charge >= 0.3 is 5.97 Å². The molecule has 0 aliphatic carbocycles. The van der Waals surface area contributed by atoms with Crippen molar-refractivity contribution in [3.05, 3.63) is 30.1 Å². The number of hydrogen-bond donors (Lipinski definition) is 3. The van der Waals surface area contributed by atoms with Crippen molar-refractivity contribution in [3.63, 3.8) is 0 Å². The van der Waals surface area contributed by atoms with Gasteiger partial charge in [0, 0.05) is 6.54 Å². The maximum Gasteiger partial charge on any atom is 0.329 e. The van der Waals surface area contributed by atoms with Crippen molar-refractivity contribution < 1.29 is 19.4 Å². The number of H-pyrrole nitrogens is 1. The molecule has 0 aliphatic heterocycles. The Bertz CT molecular complexity index is 593. The molecule has 1 aromatic carbocycles. The fourth-order valence-electron chi connectivity index (χ4n) is 1.58. The van der Waals surface area contributed by atoms with Crippen molar-refractivity contribution in [2.75, 3.05) is 13.2 Å². The van der Waals surface area contributed by atoms with Gasteiger partial charge in [-0.15, -0.1) is 0 Å². The van der Waals surface area contributed by atoms with Crippen molar-refractivity contribution in [2.45, 2.75) is 6.54 Å². The molecule has 3 N–H and O–H groups in total. The zero-order valence-corrected chi connectivity index (χ0v) is 10.0. The van der Waals surface area contributed by atoms with Gasteiger partial charge in [-0.1, -0.05) is 6.07 Å². The zero-order chi connectivity index (χ0) is 13.7. The van der Waals surface area contributed by atoms with Crippen LogP contribution in [0.4, 0.5) is 0 Å². The summed E-state index contributed by atoms with van der Waals surface area (Å²) >= 11 is 0. The third kappa shape index (κ3) is 3.78. The molecule has 1 aromatic heterocycles. The molecule has 2 aromatic rings. The number of nitrogens with zero attached hydrogens (tertiary/aromatic N) is 1. The average molecular weight is 263 g/mol. The topological polar surface area (TPSA) is 104 Å². The average Bonchev–Trinajstić information content (AvgIpc) is 2.83. The molecule has 0 fully saturated rings. The molecule has 7 nitrogen and oxygen atoms in total. The third-order valence-corrected chi connectivity index (χ3v) is 2.43. The summed E-state index contributed by atoms with van der Waals surface area (Å²) in [6.45, 7) is -0.393. The molecule has 100 valence electrons. The number of benzene rings is 1. The summed E-state index contributed by atoms with van der Waals surface area (Å²) in [6, 6.07) is 5.61. The second kappa shape index (κ2) is 5.96. The smallest absolute Gasteiger partial charge is 0.329 e. The molecule has 1 heterocycles. The van der Waals surface area contributed by atoms with Crippen molar-refractivity contribution >= 4 is 22.9 Å². The number of carbonyl (C=O) groups is 2. The molecule has 7 heteroatoms. The van der Waals surface area contributed by atoms with E-state index in [-0.39, 0.29) is 12.5 Å². The predicted molar refractivity (Wildman–Crippen MR) is 66.4 cm³/mol. The second-order valence-corrected chi connectivity index (χ2v) is 3.92. The van der Waals surface area contributed by atoms with E-state index in [4.69, 9.17) is 5.11 Å². The highest BCUT2D eigenvalue weighted by Crippen LogP contribution is 2.11. The predicted octanol–water partition coefficient (Wildman–Crippen LogP) is 0.280. The highest BCUT2D eigenvalue weighted by molar-refractivity contribution is 5.78. The number of carboxylic acid groups (broad SMARTS) is 1. The number of aliphatic carboxylic acids is 1. The van der Waals surface area contributed by atoms with Crippen LogP contribution < -0.4 is 5.32 Å². The van der Waals surface area contributed by atoms with E-state index in [1.165, 1.54) is 0 Å². The molecule has 0 saturated carbocycles. The quantitative estimate of drug-likeness (QED) is 0.694. The summed E-state index contributed by atoms with van der Waals surface area (Å²) in [5.74, 6) is -1.46. The Morgan fingerprint density at radius 3 is 3.00 bits per heavy atom. The van der Waals surface area contributed by atoms with Crippen LogP contribution in [0.2, 0.25) is 0 Å². The number of carboxylic acids is 1. The first-order valence-corrected chi connectivity index (χ1v) is 5.63. The number of carbonyl (C=O) groups excluding carboxylic acids is 1. The first-order valence-electron chi connectivity index (χ1n) is 5.63. The van der Waals surface area contributed by atoms with Crippen LogP contribution in [0.15, 0.2) is 24.5 Å². The van der Waals surface area contributed by atoms with E-state index in [1.54, 1.807) is 6.33 Å². The normalized spacial score (nSPS) is 10.5. The molecule has 0 saturated heterocycles. The van der Waals surface area contributed by atoms with E-state index in [0.29, 0.717) is 6.54 Å². The Hall–Kier alpha value is -2.41. The number of rotatable bonds is 6. The van der Waals surface area contributed by atoms with Gasteiger partial charge in [0.15, 0.2) is 0 Å². The van der Waals surface area contributed by atoms with Crippen LogP contribution in [-0.4, -0.2) is 40.2 Å². The molecule has 2 rings (SSSR count). The molecular weight excluding hydrogens is 250 g/mol. The third-order valence-electron chi connectivity index (χ3n) is 2.43. The number of imidazole rings is 1. The van der Waals surface area contributed by atoms with Crippen LogP contribution >= 0.6 is 0 Å². The van der Waals surface area contributed by atoms with E-state index < -0.39 is 12.6 Å². The van der Waals surface area contributed by atoms with Crippen LogP contribution in [0.25, 0.3) is 11.0 Å². The number of ether oxygens (including phenoxy) is 1. The standard InChI is InChI=1S/C12H13N3O4/c16-11(5-19-6-12(17)18)13-4-8-1-2-9-10(3-8)15-7-14-9/h1-3,7H,4-6H2,(H,13,16)(H,14,15)(H,17,18). The lowest BCUT2D eigenvalue weighted by Crippen LogP contribution is -2.28. The van der Waals surface area contributed by atoms with Gasteiger partial charge in [-0.2, -0.15) is 0 Å². The summed E-state index contributed by atoms with van der Waals surface area (Å²) in [5.41, 5.74) is 2.68. The first-order chi connectivity index (χ1) is 9.15. The van der Waals surface area contributed by atoms with Crippen molar-refractivity contribution in [1.29, 1.82) is 0 Å². The lowest BCUT2D eigenvalue weighted by molar-refractivity contribution is -0.143. The van der Waals surface area contributed by atoms with Gasteiger partial charge in [0.25, 0.3) is 0 Å². The zero-order valence-electron chi connectivity index (χ0n) is 10.0. The minimum Gasteiger partial charge on any atom is -0.480 e. The van der Waals surface area contributed by atoms with Crippen LogP contribution in [0.5, 0.6) is 0 Å². The highest BCUT2D eigenvalue weighted by Gasteiger charge is 2.04. The van der Waals surface area contributed by atoms with Gasteiger partial charge < -0.3 is 20.1 Å². The molecule has 19 heavy (non-hydrogen) atoms. The minimum absolute atomic E-state index is 0.265. The molecule has 0 unspecified atom stereocenters. The summed E-state index contributed by atoms with van der Waals surface area (Å²) in [4.78, 5) is 28.6. The fraction of sp³-hybridized carbons (Fsp3) is 0.250. The molecule has 0 aliphatic rings. The number of fused-ring (bicyclic) bond motifs is 1. The first kappa shape index (κ1) is 13.0. The maximum atomic E-state index is 11.4. The number of aromatic amines is 1. The van der Waals surface area contributed by atoms with Gasteiger partial charge in [0.2, 0.25) is 5.91 Å². The van der Waals surface area contributed by atoms with Crippen LogP contribution in [0.1, 0.15) is 5.56 Å². The Kier molecular flexibility index (Phi) is 4.09. The largest absolute Gasteiger partial charge is 0.480 e. The molecule has 0 radical (unpaired) electrons. The van der Waals surface area contributed by atoms with Gasteiger partial charge in [-0.25, -0.2) is 9.78 Å². The summed E-state index contributed by atoms with van der Waals surface area (Å²) in [5, 5.41) is 11.0. The van der Waals surface area contributed by atoms with Gasteiger partial charge in [-0.05, 0) is 17.7 Å². The lowest BCUT2D eigenvalue weighted by atomic mass is 10.2. The van der Waals surface area contributed by atoms with E-state index in [2.05, 4.69) is 20.0 Å². The van der Waals surface area contributed by atoms with E-state index in [9.17, 15) is 9.59 Å². The number of aromatic nitrogens is 2. The van der Waals surface area contributed by atoms with E-state index in [0.717, 1.165) is 16.6 Å². The van der Waals surface area contributed by atoms with Crippen molar-refractivity contribution in [3.8, 4) is 0 Å². The molecule has 0 atom stereocenters. The summed E-state index contributed by atoms with van der Waals surface area (Å²) < 4.78 is 4.68. The Morgan fingerprint density at radius 2 is 2.21 bits per heavy atom. The van der Waals surface area contributed by atoms with Gasteiger partial charge in [-0.3, -0.25) is 4.79 Å². The van der Waals surface area contributed by atoms with Gasteiger partial charge in [0.05, 0.1) is 17.4 Å². The lowest BCUT2D eigenvalue weighted by Gasteiger charge is -2.05. The Balaban J connectivity index is 1.81. The molecule has 0 bridgehead atoms. The maximum absolute atomic E-state index is 11.4. The molecule has 0 spiro atoms. The second-order valence-electron chi connectivity index (χ2n) is 3.92. The number of hydrogen-bond acceptors (Lipinski definition) is 4.